The fraction of sp³-hybridized carbons (Fsp3) is 0. The summed E-state index contributed by atoms with van der Waals surface area (Å²) in [7, 11) is 0. The largest absolute Gasteiger partial charge is 0.478 e. The van der Waals surface area contributed by atoms with Crippen molar-refractivity contribution in [2.45, 2.75) is 0 Å². The Bertz CT molecular complexity index is 930. The molecule has 0 fully saturated rings. The Morgan fingerprint density at radius 3 is 2.17 bits per heavy atom. The van der Waals surface area contributed by atoms with Crippen molar-refractivity contribution in [1.29, 1.82) is 0 Å². The summed E-state index contributed by atoms with van der Waals surface area (Å²) in [6, 6.07) is 5.46. The number of carboxylic acid groups (broad SMARTS) is 2. The minimum atomic E-state index is -1.22. The van der Waals surface area contributed by atoms with Crippen molar-refractivity contribution >= 4 is 11.9 Å². The van der Waals surface area contributed by atoms with Crippen LogP contribution in [0.4, 0.5) is 0 Å². The molecule has 0 aromatic carbocycles. The fourth-order valence-corrected chi connectivity index (χ4v) is 1.95. The predicted molar refractivity (Wildman–Crippen MR) is 80.2 cm³/mol. The van der Waals surface area contributed by atoms with Gasteiger partial charge < -0.3 is 10.2 Å². The van der Waals surface area contributed by atoms with Crippen LogP contribution < -0.4 is 0 Å². The Balaban J connectivity index is 2.17. The second kappa shape index (κ2) is 6.16. The third kappa shape index (κ3) is 3.04. The van der Waals surface area contributed by atoms with Crippen molar-refractivity contribution in [1.82, 2.24) is 24.9 Å². The second-order valence-corrected chi connectivity index (χ2v) is 4.60. The van der Waals surface area contributed by atoms with Gasteiger partial charge in [0.15, 0.2) is 11.5 Å². The number of aromatic carboxylic acids is 2. The fourth-order valence-electron chi connectivity index (χ4n) is 1.95. The van der Waals surface area contributed by atoms with Gasteiger partial charge in [0.05, 0.1) is 17.0 Å². The molecule has 0 saturated carbocycles. The Morgan fingerprint density at radius 1 is 0.792 bits per heavy atom. The summed E-state index contributed by atoms with van der Waals surface area (Å²) in [6.45, 7) is 0. The Kier molecular flexibility index (Phi) is 3.89. The molecule has 0 aliphatic heterocycles. The van der Waals surface area contributed by atoms with Gasteiger partial charge in [0.25, 0.3) is 0 Å². The molecule has 0 atom stereocenters. The van der Waals surface area contributed by atoms with Gasteiger partial charge in [-0.1, -0.05) is 0 Å². The van der Waals surface area contributed by atoms with Gasteiger partial charge >= 0.3 is 11.9 Å². The van der Waals surface area contributed by atoms with Crippen LogP contribution in [0.25, 0.3) is 22.9 Å². The van der Waals surface area contributed by atoms with Gasteiger partial charge in [-0.2, -0.15) is 0 Å². The van der Waals surface area contributed by atoms with Crippen LogP contribution in [0.1, 0.15) is 20.8 Å². The minimum absolute atomic E-state index is 0.0436. The molecule has 0 amide bonds. The molecular formula is C15H9N5O4. The first-order chi connectivity index (χ1) is 11.5. The standard InChI is InChI=1S/C15H9N5O4/c21-14(22)8-4-10(9-6-12(15(23)24)19-7-18-9)20-11(5-8)13-16-2-1-3-17-13/h1-7H,(H,21,22)(H,23,24). The molecule has 0 saturated heterocycles. The SMILES string of the molecule is O=C(O)c1cc(-c2cc(C(=O)O)ncn2)nc(-c2ncccn2)c1. The quantitative estimate of drug-likeness (QED) is 0.728. The van der Waals surface area contributed by atoms with Gasteiger partial charge in [0.1, 0.15) is 12.0 Å². The van der Waals surface area contributed by atoms with E-state index >= 15 is 0 Å². The highest BCUT2D eigenvalue weighted by atomic mass is 16.4. The van der Waals surface area contributed by atoms with Gasteiger partial charge in [-0.05, 0) is 24.3 Å². The van der Waals surface area contributed by atoms with E-state index in [1.165, 1.54) is 30.6 Å². The highest BCUT2D eigenvalue weighted by Gasteiger charge is 2.15. The second-order valence-electron chi connectivity index (χ2n) is 4.60. The lowest BCUT2D eigenvalue weighted by atomic mass is 10.1. The summed E-state index contributed by atoms with van der Waals surface area (Å²) in [4.78, 5) is 42.3. The van der Waals surface area contributed by atoms with Crippen LogP contribution in [-0.4, -0.2) is 47.1 Å². The summed E-state index contributed by atoms with van der Waals surface area (Å²) in [5.74, 6) is -2.14. The average molecular weight is 323 g/mol. The third-order valence-electron chi connectivity index (χ3n) is 3.02. The summed E-state index contributed by atoms with van der Waals surface area (Å²) in [5.41, 5.74) is 0.337. The third-order valence-corrected chi connectivity index (χ3v) is 3.02. The minimum Gasteiger partial charge on any atom is -0.478 e. The number of pyridine rings is 1. The zero-order chi connectivity index (χ0) is 17.1. The lowest BCUT2D eigenvalue weighted by molar-refractivity contribution is 0.0682. The molecule has 3 aromatic heterocycles. The Labute approximate surface area is 134 Å². The van der Waals surface area contributed by atoms with Crippen LogP contribution in [0.3, 0.4) is 0 Å². The van der Waals surface area contributed by atoms with Crippen molar-refractivity contribution in [3.8, 4) is 22.9 Å². The maximum absolute atomic E-state index is 11.3. The summed E-state index contributed by atoms with van der Waals surface area (Å²) in [5, 5.41) is 18.3. The van der Waals surface area contributed by atoms with E-state index in [-0.39, 0.29) is 34.2 Å². The van der Waals surface area contributed by atoms with Crippen LogP contribution in [0.15, 0.2) is 43.0 Å². The molecule has 3 aromatic rings. The Hall–Kier alpha value is -3.75. The molecule has 0 unspecified atom stereocenters. The average Bonchev–Trinajstić information content (AvgIpc) is 2.62. The van der Waals surface area contributed by atoms with Crippen LogP contribution in [0.5, 0.6) is 0 Å². The molecule has 118 valence electrons. The van der Waals surface area contributed by atoms with Crippen molar-refractivity contribution < 1.29 is 19.8 Å². The molecule has 2 N–H and O–H groups in total. The zero-order valence-electron chi connectivity index (χ0n) is 12.0. The van der Waals surface area contributed by atoms with E-state index in [4.69, 9.17) is 5.11 Å². The van der Waals surface area contributed by atoms with E-state index < -0.39 is 11.9 Å². The van der Waals surface area contributed by atoms with E-state index in [0.29, 0.717) is 0 Å². The smallest absolute Gasteiger partial charge is 0.354 e. The van der Waals surface area contributed by atoms with Crippen molar-refractivity contribution in [2.24, 2.45) is 0 Å². The van der Waals surface area contributed by atoms with Crippen molar-refractivity contribution in [3.63, 3.8) is 0 Å². The molecule has 0 aliphatic rings. The first kappa shape index (κ1) is 15.2. The van der Waals surface area contributed by atoms with E-state index in [2.05, 4.69) is 24.9 Å². The highest BCUT2D eigenvalue weighted by molar-refractivity contribution is 5.90. The lowest BCUT2D eigenvalue weighted by Gasteiger charge is -2.06. The zero-order valence-corrected chi connectivity index (χ0v) is 12.0. The maximum Gasteiger partial charge on any atom is 0.354 e. The van der Waals surface area contributed by atoms with E-state index in [9.17, 15) is 14.7 Å². The Morgan fingerprint density at radius 2 is 1.50 bits per heavy atom. The molecule has 24 heavy (non-hydrogen) atoms. The number of aromatic nitrogens is 5. The van der Waals surface area contributed by atoms with E-state index in [1.54, 1.807) is 6.07 Å². The monoisotopic (exact) mass is 323 g/mol. The van der Waals surface area contributed by atoms with Gasteiger partial charge in [0.2, 0.25) is 0 Å². The summed E-state index contributed by atoms with van der Waals surface area (Å²) < 4.78 is 0. The molecule has 0 aliphatic carbocycles. The van der Waals surface area contributed by atoms with Gasteiger partial charge in [-0.3, -0.25) is 0 Å². The molecule has 3 heterocycles. The summed E-state index contributed by atoms with van der Waals surface area (Å²) in [6.07, 6.45) is 4.08. The first-order valence-corrected chi connectivity index (χ1v) is 6.63. The summed E-state index contributed by atoms with van der Waals surface area (Å²) >= 11 is 0. The molecule has 0 spiro atoms. The molecule has 9 heteroatoms. The van der Waals surface area contributed by atoms with Gasteiger partial charge in [-0.15, -0.1) is 0 Å². The van der Waals surface area contributed by atoms with Crippen molar-refractivity contribution in [2.75, 3.05) is 0 Å². The first-order valence-electron chi connectivity index (χ1n) is 6.63. The molecular weight excluding hydrogens is 314 g/mol. The van der Waals surface area contributed by atoms with Crippen LogP contribution in [-0.2, 0) is 0 Å². The van der Waals surface area contributed by atoms with Crippen molar-refractivity contribution in [3.05, 3.63) is 54.2 Å². The number of carbonyl (C=O) groups is 2. The number of hydrogen-bond donors (Lipinski definition) is 2. The highest BCUT2D eigenvalue weighted by Crippen LogP contribution is 2.22. The van der Waals surface area contributed by atoms with Gasteiger partial charge in [-0.25, -0.2) is 34.5 Å². The van der Waals surface area contributed by atoms with Crippen LogP contribution >= 0.6 is 0 Å². The number of rotatable bonds is 4. The number of hydrogen-bond acceptors (Lipinski definition) is 7. The predicted octanol–water partition coefficient (Wildman–Crippen LogP) is 1.39. The molecule has 0 radical (unpaired) electrons. The van der Waals surface area contributed by atoms with Crippen LogP contribution in [0, 0.1) is 0 Å². The lowest BCUT2D eigenvalue weighted by Crippen LogP contribution is -2.04. The topological polar surface area (TPSA) is 139 Å². The maximum atomic E-state index is 11.3. The normalized spacial score (nSPS) is 10.3. The molecule has 3 rings (SSSR count). The van der Waals surface area contributed by atoms with Crippen LogP contribution in [0.2, 0.25) is 0 Å². The number of carboxylic acids is 2. The van der Waals surface area contributed by atoms with E-state index in [0.717, 1.165) is 6.33 Å². The van der Waals surface area contributed by atoms with Gasteiger partial charge in [0, 0.05) is 12.4 Å². The molecule has 0 bridgehead atoms. The molecule has 9 nitrogen and oxygen atoms in total. The number of nitrogens with zero attached hydrogens (tertiary/aromatic N) is 5. The van der Waals surface area contributed by atoms with E-state index in [1.807, 2.05) is 0 Å².